The number of imidazole rings is 1. The standard InChI is InChI=1S/C37H38N2O/c1-23(2)28-10-8-11-29(24(3)4)34(28)39-21-20-38-36(39)32-13-9-12-31-30-19-16-26(22-33(30)40-35(31)32)25-14-17-27(18-15-25)37(5,6)7/h8-24H,1-7H3/i23D,24D. The second-order valence-electron chi connectivity index (χ2n) is 12.1. The lowest BCUT2D eigenvalue weighted by Crippen LogP contribution is -2.10. The summed E-state index contributed by atoms with van der Waals surface area (Å²) in [6, 6.07) is 27.3. The molecule has 2 heterocycles. The van der Waals surface area contributed by atoms with Gasteiger partial charge < -0.3 is 4.42 Å². The highest BCUT2D eigenvalue weighted by Gasteiger charge is 2.21. The van der Waals surface area contributed by atoms with Crippen LogP contribution in [0.3, 0.4) is 0 Å². The Bertz CT molecular complexity index is 1890. The van der Waals surface area contributed by atoms with Gasteiger partial charge >= 0.3 is 0 Å². The van der Waals surface area contributed by atoms with Crippen molar-refractivity contribution >= 4 is 21.9 Å². The molecule has 0 aliphatic heterocycles. The van der Waals surface area contributed by atoms with E-state index in [1.165, 1.54) is 5.56 Å². The molecule has 0 saturated carbocycles. The molecule has 3 nitrogen and oxygen atoms in total. The summed E-state index contributed by atoms with van der Waals surface area (Å²) in [7, 11) is 0. The fourth-order valence-electron chi connectivity index (χ4n) is 5.61. The summed E-state index contributed by atoms with van der Waals surface area (Å²) in [4.78, 5) is 4.80. The molecule has 0 bridgehead atoms. The van der Waals surface area contributed by atoms with Crippen molar-refractivity contribution in [3.05, 3.63) is 108 Å². The third-order valence-electron chi connectivity index (χ3n) is 7.82. The smallest absolute Gasteiger partial charge is 0.148 e. The lowest BCUT2D eigenvalue weighted by Gasteiger charge is -2.21. The number of hydrogen-bond donors (Lipinski definition) is 0. The number of aromatic nitrogens is 2. The minimum absolute atomic E-state index is 0.109. The van der Waals surface area contributed by atoms with Gasteiger partial charge in [0.25, 0.3) is 0 Å². The van der Waals surface area contributed by atoms with Crippen molar-refractivity contribution in [2.24, 2.45) is 0 Å². The maximum atomic E-state index is 8.92. The molecule has 0 aliphatic carbocycles. The number of rotatable bonds is 5. The van der Waals surface area contributed by atoms with Gasteiger partial charge in [0.15, 0.2) is 0 Å². The Hall–Kier alpha value is -4.11. The van der Waals surface area contributed by atoms with Gasteiger partial charge in [0.1, 0.15) is 17.0 Å². The summed E-state index contributed by atoms with van der Waals surface area (Å²) in [6.07, 6.45) is 3.71. The molecule has 3 heteroatoms. The first kappa shape index (κ1) is 23.7. The van der Waals surface area contributed by atoms with Crippen LogP contribution in [-0.4, -0.2) is 9.55 Å². The third kappa shape index (κ3) is 4.44. The number of para-hydroxylation sites is 2. The number of fused-ring (bicyclic) bond motifs is 3. The van der Waals surface area contributed by atoms with E-state index in [0.29, 0.717) is 0 Å². The Morgan fingerprint density at radius 3 is 2.08 bits per heavy atom. The van der Waals surface area contributed by atoms with Crippen LogP contribution in [0.4, 0.5) is 0 Å². The zero-order valence-corrected chi connectivity index (χ0v) is 24.5. The van der Waals surface area contributed by atoms with Crippen molar-refractivity contribution in [1.29, 1.82) is 0 Å². The Labute approximate surface area is 240 Å². The van der Waals surface area contributed by atoms with E-state index in [-0.39, 0.29) is 5.41 Å². The maximum absolute atomic E-state index is 8.92. The molecule has 6 aromatic rings. The molecule has 0 unspecified atom stereocenters. The van der Waals surface area contributed by atoms with E-state index >= 15 is 0 Å². The Kier molecular flexibility index (Phi) is 5.83. The van der Waals surface area contributed by atoms with E-state index in [9.17, 15) is 0 Å². The first-order valence-corrected chi connectivity index (χ1v) is 14.0. The highest BCUT2D eigenvalue weighted by atomic mass is 16.3. The molecule has 0 amide bonds. The first-order chi connectivity index (χ1) is 19.7. The largest absolute Gasteiger partial charge is 0.455 e. The highest BCUT2D eigenvalue weighted by molar-refractivity contribution is 6.10. The quantitative estimate of drug-likeness (QED) is 0.223. The summed E-state index contributed by atoms with van der Waals surface area (Å²) < 4.78 is 26.5. The molecule has 0 fully saturated rings. The van der Waals surface area contributed by atoms with Crippen LogP contribution in [0.5, 0.6) is 0 Å². The zero-order valence-electron chi connectivity index (χ0n) is 26.5. The van der Waals surface area contributed by atoms with Crippen LogP contribution in [-0.2, 0) is 5.41 Å². The van der Waals surface area contributed by atoms with Crippen LogP contribution in [0.1, 0.15) is 79.7 Å². The molecule has 0 saturated heterocycles. The van der Waals surface area contributed by atoms with Crippen molar-refractivity contribution in [3.8, 4) is 28.2 Å². The van der Waals surface area contributed by atoms with Crippen molar-refractivity contribution in [3.63, 3.8) is 0 Å². The number of furan rings is 1. The van der Waals surface area contributed by atoms with Gasteiger partial charge in [0.05, 0.1) is 11.3 Å². The minimum Gasteiger partial charge on any atom is -0.455 e. The molecule has 4 aromatic carbocycles. The van der Waals surface area contributed by atoms with Crippen molar-refractivity contribution < 1.29 is 7.16 Å². The van der Waals surface area contributed by atoms with Gasteiger partial charge in [-0.2, -0.15) is 0 Å². The molecule has 202 valence electrons. The van der Waals surface area contributed by atoms with E-state index in [1.54, 1.807) is 6.20 Å². The summed E-state index contributed by atoms with van der Waals surface area (Å²) in [5.41, 5.74) is 8.68. The minimum atomic E-state index is -0.870. The van der Waals surface area contributed by atoms with Gasteiger partial charge in [-0.05, 0) is 63.2 Å². The fraction of sp³-hybridized carbons (Fsp3) is 0.270. The van der Waals surface area contributed by atoms with E-state index in [0.717, 1.165) is 61.3 Å². The second kappa shape index (κ2) is 9.82. The van der Waals surface area contributed by atoms with E-state index in [2.05, 4.69) is 69.3 Å². The number of hydrogen-bond acceptors (Lipinski definition) is 2. The summed E-state index contributed by atoms with van der Waals surface area (Å²) in [6.45, 7) is 14.2. The topological polar surface area (TPSA) is 31.0 Å². The first-order valence-electron chi connectivity index (χ1n) is 15.0. The van der Waals surface area contributed by atoms with Gasteiger partial charge in [0, 0.05) is 25.9 Å². The van der Waals surface area contributed by atoms with Gasteiger partial charge in [-0.3, -0.25) is 4.57 Å². The van der Waals surface area contributed by atoms with Crippen LogP contribution in [0.2, 0.25) is 0 Å². The molecule has 40 heavy (non-hydrogen) atoms. The van der Waals surface area contributed by atoms with Gasteiger partial charge in [-0.25, -0.2) is 4.98 Å². The van der Waals surface area contributed by atoms with Gasteiger partial charge in [-0.1, -0.05) is 109 Å². The third-order valence-corrected chi connectivity index (χ3v) is 7.82. The molecule has 0 radical (unpaired) electrons. The molecule has 6 rings (SSSR count). The van der Waals surface area contributed by atoms with E-state index in [4.69, 9.17) is 12.1 Å². The Morgan fingerprint density at radius 2 is 1.43 bits per heavy atom. The van der Waals surface area contributed by atoms with Crippen LogP contribution >= 0.6 is 0 Å². The molecule has 0 atom stereocenters. The lowest BCUT2D eigenvalue weighted by atomic mass is 9.86. The second-order valence-corrected chi connectivity index (χ2v) is 12.1. The molecular weight excluding hydrogens is 488 g/mol. The molecular formula is C37H38N2O. The van der Waals surface area contributed by atoms with E-state index < -0.39 is 11.8 Å². The van der Waals surface area contributed by atoms with Gasteiger partial charge in [-0.15, -0.1) is 0 Å². The van der Waals surface area contributed by atoms with Crippen molar-refractivity contribution in [2.75, 3.05) is 0 Å². The summed E-state index contributed by atoms with van der Waals surface area (Å²) in [5, 5.41) is 2.09. The maximum Gasteiger partial charge on any atom is 0.148 e. The Morgan fingerprint density at radius 1 is 0.775 bits per heavy atom. The summed E-state index contributed by atoms with van der Waals surface area (Å²) in [5.74, 6) is -1.02. The van der Waals surface area contributed by atoms with Crippen LogP contribution in [0.25, 0.3) is 50.1 Å². The average molecular weight is 529 g/mol. The van der Waals surface area contributed by atoms with Gasteiger partial charge in [0.2, 0.25) is 0 Å². The van der Waals surface area contributed by atoms with Crippen LogP contribution in [0, 0.1) is 0 Å². The zero-order chi connectivity index (χ0) is 30.0. The molecule has 0 aliphatic rings. The number of nitrogens with zero attached hydrogens (tertiary/aromatic N) is 2. The predicted octanol–water partition coefficient (Wildman–Crippen LogP) is 10.6. The molecule has 0 N–H and O–H groups in total. The van der Waals surface area contributed by atoms with Crippen molar-refractivity contribution in [1.82, 2.24) is 9.55 Å². The highest BCUT2D eigenvalue weighted by Crippen LogP contribution is 2.39. The molecule has 0 spiro atoms. The normalized spacial score (nSPS) is 13.6. The lowest BCUT2D eigenvalue weighted by molar-refractivity contribution is 0.590. The van der Waals surface area contributed by atoms with Crippen LogP contribution in [0.15, 0.2) is 95.7 Å². The fourth-order valence-corrected chi connectivity index (χ4v) is 5.61. The summed E-state index contributed by atoms with van der Waals surface area (Å²) >= 11 is 0. The van der Waals surface area contributed by atoms with Crippen molar-refractivity contribution in [2.45, 2.75) is 65.7 Å². The monoisotopic (exact) mass is 528 g/mol. The Balaban J connectivity index is 1.52. The SMILES string of the molecule is [2H]C(C)(C)c1cccc(C([2H])(C)C)c1-n1ccnc1-c1cccc2c1oc1cc(-c3ccc(C(C)(C)C)cc3)ccc12. The van der Waals surface area contributed by atoms with E-state index in [1.807, 2.05) is 68.8 Å². The molecule has 2 aromatic heterocycles. The number of benzene rings is 4. The van der Waals surface area contributed by atoms with Crippen LogP contribution < -0.4 is 0 Å². The average Bonchev–Trinajstić information content (AvgIpc) is 3.55. The predicted molar refractivity (Wildman–Crippen MR) is 169 cm³/mol.